The highest BCUT2D eigenvalue weighted by atomic mass is 16.5. The maximum atomic E-state index is 12.4. The van der Waals surface area contributed by atoms with E-state index in [-0.39, 0.29) is 12.4 Å². The second-order valence-electron chi connectivity index (χ2n) is 6.12. The van der Waals surface area contributed by atoms with Gasteiger partial charge in [-0.05, 0) is 44.0 Å². The van der Waals surface area contributed by atoms with Gasteiger partial charge in [0.05, 0.1) is 0 Å². The van der Waals surface area contributed by atoms with Gasteiger partial charge >= 0.3 is 11.1 Å². The van der Waals surface area contributed by atoms with Crippen LogP contribution in [0.25, 0.3) is 5.69 Å². The number of amides is 1. The summed E-state index contributed by atoms with van der Waals surface area (Å²) in [5.74, 6) is 0.321. The minimum atomic E-state index is -0.779. The van der Waals surface area contributed by atoms with E-state index >= 15 is 0 Å². The first-order chi connectivity index (χ1) is 12.3. The van der Waals surface area contributed by atoms with Crippen LogP contribution in [-0.2, 0) is 11.3 Å². The van der Waals surface area contributed by atoms with Gasteiger partial charge in [0.2, 0.25) is 5.91 Å². The summed E-state index contributed by atoms with van der Waals surface area (Å²) in [7, 11) is 0. The lowest BCUT2D eigenvalue weighted by molar-refractivity contribution is -0.116. The molecule has 0 atom stereocenters. The Kier molecular flexibility index (Phi) is 4.57. The summed E-state index contributed by atoms with van der Waals surface area (Å²) >= 11 is 0. The van der Waals surface area contributed by atoms with Crippen LogP contribution >= 0.6 is 0 Å². The molecule has 26 heavy (non-hydrogen) atoms. The highest BCUT2D eigenvalue weighted by Crippen LogP contribution is 2.11. The number of nitrogens with zero attached hydrogens (tertiary/aromatic N) is 3. The smallest absolute Gasteiger partial charge is 0.320 e. The highest BCUT2D eigenvalue weighted by Gasteiger charge is 2.12. The van der Waals surface area contributed by atoms with Gasteiger partial charge in [0, 0.05) is 24.1 Å². The number of hydrogen-bond donors (Lipinski definition) is 1. The van der Waals surface area contributed by atoms with Crippen LogP contribution in [0.1, 0.15) is 16.9 Å². The second-order valence-corrected chi connectivity index (χ2v) is 6.12. The fraction of sp³-hybridized carbons (Fsp3) is 0.222. The number of benzene rings is 1. The number of rotatable bonds is 4. The van der Waals surface area contributed by atoms with Gasteiger partial charge in [0.15, 0.2) is 5.82 Å². The van der Waals surface area contributed by atoms with E-state index in [9.17, 15) is 14.4 Å². The lowest BCUT2D eigenvalue weighted by Crippen LogP contribution is -2.41. The van der Waals surface area contributed by atoms with Gasteiger partial charge in [0.1, 0.15) is 12.3 Å². The third kappa shape index (κ3) is 3.64. The van der Waals surface area contributed by atoms with E-state index in [2.05, 4.69) is 10.5 Å². The number of carbonyl (C=O) groups is 1. The zero-order valence-corrected chi connectivity index (χ0v) is 14.6. The Balaban J connectivity index is 1.86. The van der Waals surface area contributed by atoms with Crippen LogP contribution in [0.3, 0.4) is 0 Å². The zero-order valence-electron chi connectivity index (χ0n) is 14.6. The molecule has 0 aliphatic carbocycles. The highest BCUT2D eigenvalue weighted by molar-refractivity contribution is 5.89. The number of aromatic nitrogens is 3. The molecular weight excluding hydrogens is 336 g/mol. The minimum Gasteiger partial charge on any atom is -0.360 e. The van der Waals surface area contributed by atoms with E-state index < -0.39 is 17.0 Å². The Bertz CT molecular complexity index is 1070. The molecule has 0 aliphatic heterocycles. The van der Waals surface area contributed by atoms with Gasteiger partial charge in [0.25, 0.3) is 0 Å². The molecule has 1 aromatic carbocycles. The van der Waals surface area contributed by atoms with Crippen molar-refractivity contribution in [2.75, 3.05) is 5.32 Å². The Morgan fingerprint density at radius 3 is 2.35 bits per heavy atom. The molecule has 0 unspecified atom stereocenters. The fourth-order valence-electron chi connectivity index (χ4n) is 2.69. The molecule has 0 bridgehead atoms. The van der Waals surface area contributed by atoms with Crippen LogP contribution in [0.4, 0.5) is 5.82 Å². The fourth-order valence-corrected chi connectivity index (χ4v) is 2.69. The number of aryl methyl sites for hydroxylation is 3. The molecule has 2 aromatic heterocycles. The Morgan fingerprint density at radius 1 is 1.04 bits per heavy atom. The first-order valence-electron chi connectivity index (χ1n) is 7.97. The van der Waals surface area contributed by atoms with Crippen LogP contribution in [-0.4, -0.2) is 20.2 Å². The molecule has 134 valence electrons. The third-order valence-electron chi connectivity index (χ3n) is 3.75. The Hall–Kier alpha value is -3.42. The van der Waals surface area contributed by atoms with E-state index in [0.29, 0.717) is 11.4 Å². The number of nitrogens with one attached hydrogen (secondary N) is 1. The molecule has 8 nitrogen and oxygen atoms in total. The van der Waals surface area contributed by atoms with Gasteiger partial charge in [-0.1, -0.05) is 11.2 Å². The van der Waals surface area contributed by atoms with Gasteiger partial charge in [-0.15, -0.1) is 0 Å². The quantitative estimate of drug-likeness (QED) is 0.717. The van der Waals surface area contributed by atoms with Crippen molar-refractivity contribution < 1.29 is 9.32 Å². The van der Waals surface area contributed by atoms with Crippen molar-refractivity contribution in [1.29, 1.82) is 0 Å². The van der Waals surface area contributed by atoms with Crippen LogP contribution < -0.4 is 16.4 Å². The molecular formula is C18H18N4O4. The van der Waals surface area contributed by atoms with Crippen LogP contribution in [0.5, 0.6) is 0 Å². The number of carbonyl (C=O) groups excluding carboxylic acids is 1. The summed E-state index contributed by atoms with van der Waals surface area (Å²) in [6.45, 7) is 5.23. The van der Waals surface area contributed by atoms with Gasteiger partial charge in [-0.25, -0.2) is 0 Å². The lowest BCUT2D eigenvalue weighted by atomic mass is 10.1. The first-order valence-corrected chi connectivity index (χ1v) is 7.97. The van der Waals surface area contributed by atoms with Crippen LogP contribution in [0, 0.1) is 20.8 Å². The molecule has 0 spiro atoms. The number of anilines is 1. The average Bonchev–Trinajstić information content (AvgIpc) is 2.96. The largest absolute Gasteiger partial charge is 0.360 e. The van der Waals surface area contributed by atoms with Crippen molar-refractivity contribution in [3.05, 3.63) is 74.3 Å². The molecule has 0 aliphatic rings. The molecule has 8 heteroatoms. The SMILES string of the molecule is Cc1cc(C)cc(-n2ccn(CC(=O)Nc3cc(C)on3)c(=O)c2=O)c1. The van der Waals surface area contributed by atoms with E-state index in [4.69, 9.17) is 4.52 Å². The standard InChI is InChI=1S/C18H18N4O4/c1-11-6-12(2)8-14(7-11)22-5-4-21(17(24)18(22)25)10-16(23)19-15-9-13(3)26-20-15/h4-9H,10H2,1-3H3,(H,19,20,23). The average molecular weight is 354 g/mol. The normalized spacial score (nSPS) is 10.7. The molecule has 0 fully saturated rings. The van der Waals surface area contributed by atoms with Gasteiger partial charge in [-0.3, -0.25) is 23.5 Å². The summed E-state index contributed by atoms with van der Waals surface area (Å²) < 4.78 is 7.19. The van der Waals surface area contributed by atoms with E-state index in [1.807, 2.05) is 32.0 Å². The maximum absolute atomic E-state index is 12.4. The topological polar surface area (TPSA) is 99.1 Å². The second kappa shape index (κ2) is 6.83. The summed E-state index contributed by atoms with van der Waals surface area (Å²) in [4.78, 5) is 36.8. The van der Waals surface area contributed by atoms with E-state index in [1.165, 1.54) is 17.0 Å². The zero-order chi connectivity index (χ0) is 18.8. The third-order valence-corrected chi connectivity index (χ3v) is 3.75. The lowest BCUT2D eigenvalue weighted by Gasteiger charge is -2.10. The predicted molar refractivity (Wildman–Crippen MR) is 95.6 cm³/mol. The van der Waals surface area contributed by atoms with E-state index in [0.717, 1.165) is 15.7 Å². The summed E-state index contributed by atoms with van der Waals surface area (Å²) in [5, 5.41) is 6.15. The molecule has 2 heterocycles. The molecule has 0 radical (unpaired) electrons. The summed E-state index contributed by atoms with van der Waals surface area (Å²) in [6, 6.07) is 7.17. The van der Waals surface area contributed by atoms with Crippen molar-refractivity contribution >= 4 is 11.7 Å². The van der Waals surface area contributed by atoms with Crippen LogP contribution in [0.2, 0.25) is 0 Å². The van der Waals surface area contributed by atoms with Gasteiger partial charge in [-0.2, -0.15) is 0 Å². The van der Waals surface area contributed by atoms with Crippen LogP contribution in [0.15, 0.2) is 50.8 Å². The number of hydrogen-bond acceptors (Lipinski definition) is 5. The predicted octanol–water partition coefficient (Wildman–Crippen LogP) is 1.55. The van der Waals surface area contributed by atoms with Crippen molar-refractivity contribution in [3.8, 4) is 5.69 Å². The molecule has 0 saturated carbocycles. The monoisotopic (exact) mass is 354 g/mol. The molecule has 1 N–H and O–H groups in total. The molecule has 0 saturated heterocycles. The summed E-state index contributed by atoms with van der Waals surface area (Å²) in [5.41, 5.74) is 1.08. The minimum absolute atomic E-state index is 0.254. The van der Waals surface area contributed by atoms with E-state index in [1.54, 1.807) is 13.0 Å². The summed E-state index contributed by atoms with van der Waals surface area (Å²) in [6.07, 6.45) is 2.89. The van der Waals surface area contributed by atoms with Crippen molar-refractivity contribution in [2.45, 2.75) is 27.3 Å². The van der Waals surface area contributed by atoms with Crippen molar-refractivity contribution in [1.82, 2.24) is 14.3 Å². The van der Waals surface area contributed by atoms with Crippen molar-refractivity contribution in [3.63, 3.8) is 0 Å². The molecule has 1 amide bonds. The Morgan fingerprint density at radius 2 is 1.73 bits per heavy atom. The van der Waals surface area contributed by atoms with Crippen molar-refractivity contribution in [2.24, 2.45) is 0 Å². The maximum Gasteiger partial charge on any atom is 0.320 e. The first kappa shape index (κ1) is 17.4. The molecule has 3 aromatic rings. The van der Waals surface area contributed by atoms with Gasteiger partial charge < -0.3 is 9.84 Å². The Labute approximate surface area is 148 Å². The molecule has 3 rings (SSSR count).